The summed E-state index contributed by atoms with van der Waals surface area (Å²) in [6.07, 6.45) is 2.84. The molecule has 0 atom stereocenters. The van der Waals surface area contributed by atoms with E-state index in [1.165, 1.54) is 5.56 Å². The number of ether oxygens (including phenoxy) is 2. The maximum Gasteiger partial charge on any atom is 0.161 e. The predicted octanol–water partition coefficient (Wildman–Crippen LogP) is 7.28. The van der Waals surface area contributed by atoms with E-state index < -0.39 is 0 Å². The minimum absolute atomic E-state index is 0.327. The van der Waals surface area contributed by atoms with Gasteiger partial charge in [-0.3, -0.25) is 4.99 Å². The Bertz CT molecular complexity index is 985. The SMILES string of the molecule is CCOc1cc(C=Nc2ccc(CC)cc2)ccc1OCc1ccc(Cl)cc1Cl. The number of hydrogen-bond donors (Lipinski definition) is 0. The molecule has 3 rings (SSSR count). The number of aliphatic imine (C=N–C) groups is 1. The Labute approximate surface area is 181 Å². The summed E-state index contributed by atoms with van der Waals surface area (Å²) >= 11 is 12.2. The first-order valence-corrected chi connectivity index (χ1v) is 10.3. The van der Waals surface area contributed by atoms with Gasteiger partial charge >= 0.3 is 0 Å². The second kappa shape index (κ2) is 10.3. The minimum Gasteiger partial charge on any atom is -0.490 e. The molecule has 3 nitrogen and oxygen atoms in total. The molecule has 0 aliphatic carbocycles. The predicted molar refractivity (Wildman–Crippen MR) is 121 cm³/mol. The Morgan fingerprint density at radius 3 is 2.34 bits per heavy atom. The molecule has 0 aromatic heterocycles. The van der Waals surface area contributed by atoms with Gasteiger partial charge in [-0.25, -0.2) is 0 Å². The maximum atomic E-state index is 6.23. The average Bonchev–Trinajstić information content (AvgIpc) is 2.73. The van der Waals surface area contributed by atoms with Gasteiger partial charge in [0.2, 0.25) is 0 Å². The molecule has 0 heterocycles. The van der Waals surface area contributed by atoms with Crippen molar-refractivity contribution in [1.29, 1.82) is 0 Å². The van der Waals surface area contributed by atoms with Crippen LogP contribution in [0.4, 0.5) is 5.69 Å². The van der Waals surface area contributed by atoms with Gasteiger partial charge in [0.05, 0.1) is 12.3 Å². The van der Waals surface area contributed by atoms with E-state index >= 15 is 0 Å². The third-order valence-electron chi connectivity index (χ3n) is 4.37. The summed E-state index contributed by atoms with van der Waals surface area (Å²) in [6.45, 7) is 4.94. The van der Waals surface area contributed by atoms with Crippen LogP contribution in [-0.2, 0) is 13.0 Å². The van der Waals surface area contributed by atoms with E-state index in [0.717, 1.165) is 23.2 Å². The van der Waals surface area contributed by atoms with Crippen molar-refractivity contribution in [3.8, 4) is 11.5 Å². The summed E-state index contributed by atoms with van der Waals surface area (Å²) in [5.74, 6) is 1.32. The Morgan fingerprint density at radius 2 is 1.66 bits per heavy atom. The second-order valence-electron chi connectivity index (χ2n) is 6.44. The largest absolute Gasteiger partial charge is 0.490 e. The molecule has 5 heteroatoms. The first-order valence-electron chi connectivity index (χ1n) is 9.55. The van der Waals surface area contributed by atoms with Gasteiger partial charge in [0, 0.05) is 21.8 Å². The third-order valence-corrected chi connectivity index (χ3v) is 4.96. The highest BCUT2D eigenvalue weighted by atomic mass is 35.5. The molecule has 3 aromatic carbocycles. The van der Waals surface area contributed by atoms with E-state index in [1.54, 1.807) is 12.1 Å². The van der Waals surface area contributed by atoms with Gasteiger partial charge in [-0.15, -0.1) is 0 Å². The number of nitrogens with zero attached hydrogens (tertiary/aromatic N) is 1. The summed E-state index contributed by atoms with van der Waals surface area (Å²) in [6, 6.07) is 19.3. The van der Waals surface area contributed by atoms with Crippen molar-refractivity contribution >= 4 is 35.1 Å². The fourth-order valence-electron chi connectivity index (χ4n) is 2.75. The molecular weight excluding hydrogens is 405 g/mol. The Balaban J connectivity index is 1.74. The van der Waals surface area contributed by atoms with Crippen LogP contribution >= 0.6 is 23.2 Å². The molecule has 0 aliphatic heterocycles. The molecule has 0 radical (unpaired) electrons. The fraction of sp³-hybridized carbons (Fsp3) is 0.208. The Kier molecular flexibility index (Phi) is 7.56. The van der Waals surface area contributed by atoms with Crippen LogP contribution in [0.15, 0.2) is 65.7 Å². The molecule has 0 spiro atoms. The van der Waals surface area contributed by atoms with Gasteiger partial charge in [0.15, 0.2) is 11.5 Å². The molecule has 0 aliphatic rings. The van der Waals surface area contributed by atoms with Gasteiger partial charge in [0.1, 0.15) is 6.61 Å². The van der Waals surface area contributed by atoms with Crippen molar-refractivity contribution in [3.05, 3.63) is 87.4 Å². The minimum atomic E-state index is 0.327. The normalized spacial score (nSPS) is 11.0. The highest BCUT2D eigenvalue weighted by Crippen LogP contribution is 2.30. The van der Waals surface area contributed by atoms with Crippen LogP contribution in [0.3, 0.4) is 0 Å². The topological polar surface area (TPSA) is 30.8 Å². The monoisotopic (exact) mass is 427 g/mol. The lowest BCUT2D eigenvalue weighted by atomic mass is 10.1. The van der Waals surface area contributed by atoms with Crippen molar-refractivity contribution in [2.75, 3.05) is 6.61 Å². The molecule has 3 aromatic rings. The van der Waals surface area contributed by atoms with Crippen LogP contribution < -0.4 is 9.47 Å². The first-order chi connectivity index (χ1) is 14.1. The van der Waals surface area contributed by atoms with Crippen molar-refractivity contribution < 1.29 is 9.47 Å². The van der Waals surface area contributed by atoms with E-state index in [0.29, 0.717) is 34.8 Å². The summed E-state index contributed by atoms with van der Waals surface area (Å²) in [4.78, 5) is 4.54. The van der Waals surface area contributed by atoms with Gasteiger partial charge in [-0.2, -0.15) is 0 Å². The summed E-state index contributed by atoms with van der Waals surface area (Å²) in [5.41, 5.74) is 4.01. The maximum absolute atomic E-state index is 6.23. The number of halogens is 2. The lowest BCUT2D eigenvalue weighted by Gasteiger charge is -2.13. The molecule has 0 N–H and O–H groups in total. The molecule has 0 saturated heterocycles. The standard InChI is InChI=1S/C24H23Cl2NO2/c1-3-17-5-10-21(11-6-17)27-15-18-7-12-23(24(13-18)28-4-2)29-16-19-8-9-20(25)14-22(19)26/h5-15H,3-4,16H2,1-2H3. The highest BCUT2D eigenvalue weighted by molar-refractivity contribution is 6.35. The lowest BCUT2D eigenvalue weighted by molar-refractivity contribution is 0.269. The first kappa shape index (κ1) is 21.2. The molecule has 0 saturated carbocycles. The number of hydrogen-bond acceptors (Lipinski definition) is 3. The zero-order valence-electron chi connectivity index (χ0n) is 16.5. The lowest BCUT2D eigenvalue weighted by Crippen LogP contribution is -2.01. The van der Waals surface area contributed by atoms with Gasteiger partial charge in [-0.1, -0.05) is 48.3 Å². The average molecular weight is 428 g/mol. The molecule has 0 unspecified atom stereocenters. The van der Waals surface area contributed by atoms with Crippen LogP contribution in [0.1, 0.15) is 30.5 Å². The van der Waals surface area contributed by atoms with E-state index in [9.17, 15) is 0 Å². The summed E-state index contributed by atoms with van der Waals surface area (Å²) in [5, 5.41) is 1.18. The van der Waals surface area contributed by atoms with Gasteiger partial charge < -0.3 is 9.47 Å². The van der Waals surface area contributed by atoms with E-state index in [2.05, 4.69) is 24.0 Å². The smallest absolute Gasteiger partial charge is 0.161 e. The zero-order chi connectivity index (χ0) is 20.6. The number of rotatable bonds is 8. The van der Waals surface area contributed by atoms with E-state index in [4.69, 9.17) is 32.7 Å². The Hall–Kier alpha value is -2.49. The van der Waals surface area contributed by atoms with Crippen LogP contribution in [0.2, 0.25) is 10.0 Å². The van der Waals surface area contributed by atoms with Crippen molar-refractivity contribution in [2.45, 2.75) is 26.9 Å². The van der Waals surface area contributed by atoms with Crippen LogP contribution in [0, 0.1) is 0 Å². The van der Waals surface area contributed by atoms with E-state index in [-0.39, 0.29) is 0 Å². The number of benzene rings is 3. The summed E-state index contributed by atoms with van der Waals surface area (Å²) < 4.78 is 11.7. The van der Waals surface area contributed by atoms with Crippen molar-refractivity contribution in [2.24, 2.45) is 4.99 Å². The highest BCUT2D eigenvalue weighted by Gasteiger charge is 2.08. The molecule has 0 bridgehead atoms. The van der Waals surface area contributed by atoms with Gasteiger partial charge in [-0.05, 0) is 66.9 Å². The molecule has 29 heavy (non-hydrogen) atoms. The van der Waals surface area contributed by atoms with Crippen molar-refractivity contribution in [3.63, 3.8) is 0 Å². The van der Waals surface area contributed by atoms with E-state index in [1.807, 2.05) is 49.5 Å². The van der Waals surface area contributed by atoms with Crippen LogP contribution in [0.25, 0.3) is 0 Å². The van der Waals surface area contributed by atoms with Crippen LogP contribution in [-0.4, -0.2) is 12.8 Å². The quantitative estimate of drug-likeness (QED) is 0.353. The molecule has 150 valence electrons. The summed E-state index contributed by atoms with van der Waals surface area (Å²) in [7, 11) is 0. The zero-order valence-corrected chi connectivity index (χ0v) is 18.0. The second-order valence-corrected chi connectivity index (χ2v) is 7.29. The van der Waals surface area contributed by atoms with Crippen molar-refractivity contribution in [1.82, 2.24) is 0 Å². The number of aryl methyl sites for hydroxylation is 1. The molecule has 0 amide bonds. The van der Waals surface area contributed by atoms with Gasteiger partial charge in [0.25, 0.3) is 0 Å². The Morgan fingerprint density at radius 1 is 0.862 bits per heavy atom. The third kappa shape index (κ3) is 5.99. The van der Waals surface area contributed by atoms with Crippen LogP contribution in [0.5, 0.6) is 11.5 Å². The molecular formula is C24H23Cl2NO2. The fourth-order valence-corrected chi connectivity index (χ4v) is 3.22. The molecule has 0 fully saturated rings.